The van der Waals surface area contributed by atoms with Gasteiger partial charge < -0.3 is 14.4 Å². The molecule has 23 heavy (non-hydrogen) atoms. The molecule has 5 nitrogen and oxygen atoms in total. The first-order valence-corrected chi connectivity index (χ1v) is 7.92. The number of fused-ring (bicyclic) bond motifs is 1. The van der Waals surface area contributed by atoms with Gasteiger partial charge in [-0.25, -0.2) is 0 Å². The highest BCUT2D eigenvalue weighted by atomic mass is 16.5. The third-order valence-electron chi connectivity index (χ3n) is 5.17. The zero-order valence-corrected chi connectivity index (χ0v) is 13.0. The largest absolute Gasteiger partial charge is 0.469 e. The van der Waals surface area contributed by atoms with Crippen molar-refractivity contribution in [2.75, 3.05) is 20.2 Å². The van der Waals surface area contributed by atoms with E-state index in [4.69, 9.17) is 9.47 Å². The molecule has 2 fully saturated rings. The van der Waals surface area contributed by atoms with Crippen molar-refractivity contribution in [3.8, 4) is 0 Å². The van der Waals surface area contributed by atoms with E-state index in [-0.39, 0.29) is 18.0 Å². The highest BCUT2D eigenvalue weighted by molar-refractivity contribution is 5.91. The lowest BCUT2D eigenvalue weighted by atomic mass is 9.77. The Hall–Kier alpha value is -2.14. The van der Waals surface area contributed by atoms with Crippen LogP contribution < -0.4 is 0 Å². The van der Waals surface area contributed by atoms with Crippen LogP contribution in [0.4, 0.5) is 0 Å². The summed E-state index contributed by atoms with van der Waals surface area (Å²) in [6.45, 7) is 1.15. The summed E-state index contributed by atoms with van der Waals surface area (Å²) in [5.74, 6) is -1.31. The molecule has 1 spiro atoms. The van der Waals surface area contributed by atoms with Crippen LogP contribution in [0.3, 0.4) is 0 Å². The molecule has 4 atom stereocenters. The van der Waals surface area contributed by atoms with Crippen molar-refractivity contribution in [2.45, 2.75) is 18.1 Å². The maximum atomic E-state index is 12.8. The highest BCUT2D eigenvalue weighted by Gasteiger charge is 2.67. The average Bonchev–Trinajstić information content (AvgIpc) is 3.21. The fraction of sp³-hybridized carbons (Fsp3) is 0.444. The second-order valence-corrected chi connectivity index (χ2v) is 6.42. The number of hydrogen-bond donors (Lipinski definition) is 0. The van der Waals surface area contributed by atoms with E-state index in [9.17, 15) is 9.59 Å². The average molecular weight is 313 g/mol. The third kappa shape index (κ3) is 2.10. The van der Waals surface area contributed by atoms with E-state index in [1.807, 2.05) is 35.3 Å². The molecule has 3 aliphatic heterocycles. The van der Waals surface area contributed by atoms with Gasteiger partial charge in [-0.2, -0.15) is 0 Å². The number of carbonyl (C=O) groups excluding carboxylic acids is 2. The van der Waals surface area contributed by atoms with Crippen molar-refractivity contribution in [1.29, 1.82) is 0 Å². The molecule has 0 aliphatic carbocycles. The summed E-state index contributed by atoms with van der Waals surface area (Å²) in [7, 11) is 1.36. The Balaban J connectivity index is 1.52. The molecule has 0 radical (unpaired) electrons. The van der Waals surface area contributed by atoms with Gasteiger partial charge in [0.1, 0.15) is 11.5 Å². The zero-order valence-electron chi connectivity index (χ0n) is 13.0. The fourth-order valence-electron chi connectivity index (χ4n) is 4.08. The second-order valence-electron chi connectivity index (χ2n) is 6.42. The minimum Gasteiger partial charge on any atom is -0.469 e. The van der Waals surface area contributed by atoms with E-state index in [1.54, 1.807) is 0 Å². The van der Waals surface area contributed by atoms with E-state index in [0.29, 0.717) is 13.1 Å². The summed E-state index contributed by atoms with van der Waals surface area (Å²) in [5.41, 5.74) is 0.553. The number of carbonyl (C=O) groups is 2. The van der Waals surface area contributed by atoms with Gasteiger partial charge in [-0.05, 0) is 12.0 Å². The normalized spacial score (nSPS) is 34.0. The molecule has 1 aromatic rings. The van der Waals surface area contributed by atoms with Gasteiger partial charge in [0.2, 0.25) is 5.91 Å². The molecule has 0 unspecified atom stereocenters. The zero-order chi connectivity index (χ0) is 16.0. The minimum absolute atomic E-state index is 0.00295. The van der Waals surface area contributed by atoms with E-state index < -0.39 is 17.4 Å². The van der Waals surface area contributed by atoms with Crippen LogP contribution in [-0.2, 0) is 25.5 Å². The molecule has 0 N–H and O–H groups in total. The van der Waals surface area contributed by atoms with Crippen molar-refractivity contribution in [2.24, 2.45) is 11.8 Å². The first-order chi connectivity index (χ1) is 11.1. The summed E-state index contributed by atoms with van der Waals surface area (Å²) in [4.78, 5) is 26.7. The Morgan fingerprint density at radius 1 is 1.39 bits per heavy atom. The Morgan fingerprint density at radius 2 is 2.17 bits per heavy atom. The molecule has 4 rings (SSSR count). The van der Waals surface area contributed by atoms with Gasteiger partial charge in [-0.15, -0.1) is 0 Å². The molecule has 1 aromatic carbocycles. The lowest BCUT2D eigenvalue weighted by Gasteiger charge is -2.22. The number of hydrogen-bond acceptors (Lipinski definition) is 4. The van der Waals surface area contributed by atoms with Gasteiger partial charge in [0, 0.05) is 6.54 Å². The van der Waals surface area contributed by atoms with Crippen LogP contribution in [0.25, 0.3) is 0 Å². The van der Waals surface area contributed by atoms with E-state index in [2.05, 4.69) is 12.1 Å². The molecule has 2 bridgehead atoms. The van der Waals surface area contributed by atoms with E-state index >= 15 is 0 Å². The third-order valence-corrected chi connectivity index (χ3v) is 5.17. The van der Waals surface area contributed by atoms with Crippen molar-refractivity contribution in [3.63, 3.8) is 0 Å². The topological polar surface area (TPSA) is 55.8 Å². The molecule has 120 valence electrons. The predicted molar refractivity (Wildman–Crippen MR) is 82.5 cm³/mol. The molecular formula is C18H19NO4. The highest BCUT2D eigenvalue weighted by Crippen LogP contribution is 2.52. The lowest BCUT2D eigenvalue weighted by molar-refractivity contribution is -0.151. The molecule has 3 heterocycles. The monoisotopic (exact) mass is 313 g/mol. The number of benzene rings is 1. The Labute approximate surface area is 134 Å². The maximum absolute atomic E-state index is 12.8. The van der Waals surface area contributed by atoms with Crippen LogP contribution in [0.2, 0.25) is 0 Å². The maximum Gasteiger partial charge on any atom is 0.312 e. The number of rotatable bonds is 4. The van der Waals surface area contributed by atoms with Gasteiger partial charge in [0.05, 0.1) is 25.7 Å². The number of likely N-dealkylation sites (tertiary alicyclic amines) is 1. The van der Waals surface area contributed by atoms with Gasteiger partial charge in [0.25, 0.3) is 0 Å². The molecule has 0 aromatic heterocycles. The van der Waals surface area contributed by atoms with Crippen molar-refractivity contribution in [3.05, 3.63) is 48.0 Å². The van der Waals surface area contributed by atoms with Crippen molar-refractivity contribution in [1.82, 2.24) is 4.90 Å². The van der Waals surface area contributed by atoms with Crippen LogP contribution in [-0.4, -0.2) is 48.7 Å². The summed E-state index contributed by atoms with van der Waals surface area (Å²) in [6.07, 6.45) is 4.33. The van der Waals surface area contributed by atoms with Crippen LogP contribution >= 0.6 is 0 Å². The van der Waals surface area contributed by atoms with Crippen molar-refractivity contribution >= 4 is 11.9 Å². The van der Waals surface area contributed by atoms with E-state index in [0.717, 1.165) is 6.42 Å². The number of amides is 1. The SMILES string of the molecule is COC(=O)[C@H]1[C@@H]2C=C[C@@]3(CN(CCc4ccccc4)C(=O)[C@@H]13)O2. The van der Waals surface area contributed by atoms with Crippen LogP contribution in [0.5, 0.6) is 0 Å². The standard InChI is InChI=1S/C18H19NO4/c1-22-17(21)14-13-7-9-18(23-13)11-19(16(20)15(14)18)10-8-12-5-3-2-4-6-12/h2-7,9,13-15H,8,10-11H2,1H3/t13-,14-,15+,18-/m0/s1. The van der Waals surface area contributed by atoms with Gasteiger partial charge >= 0.3 is 5.97 Å². The summed E-state index contributed by atoms with van der Waals surface area (Å²) < 4.78 is 10.9. The molecule has 0 saturated carbocycles. The molecular weight excluding hydrogens is 294 g/mol. The Kier molecular flexibility index (Phi) is 3.27. The van der Waals surface area contributed by atoms with E-state index in [1.165, 1.54) is 12.7 Å². The molecule has 1 amide bonds. The summed E-state index contributed by atoms with van der Waals surface area (Å²) >= 11 is 0. The summed E-state index contributed by atoms with van der Waals surface area (Å²) in [6, 6.07) is 10.1. The lowest BCUT2D eigenvalue weighted by Crippen LogP contribution is -2.39. The van der Waals surface area contributed by atoms with Gasteiger partial charge in [0.15, 0.2) is 0 Å². The second kappa shape index (κ2) is 5.20. The number of nitrogens with zero attached hydrogens (tertiary/aromatic N) is 1. The minimum atomic E-state index is -0.642. The number of ether oxygens (including phenoxy) is 2. The fourth-order valence-corrected chi connectivity index (χ4v) is 4.08. The van der Waals surface area contributed by atoms with Crippen molar-refractivity contribution < 1.29 is 19.1 Å². The molecule has 2 saturated heterocycles. The molecule has 5 heteroatoms. The number of esters is 1. The summed E-state index contributed by atoms with van der Waals surface area (Å²) in [5, 5.41) is 0. The molecule has 3 aliphatic rings. The number of methoxy groups -OCH3 is 1. The van der Waals surface area contributed by atoms with Crippen LogP contribution in [0.1, 0.15) is 5.56 Å². The Morgan fingerprint density at radius 3 is 2.91 bits per heavy atom. The first kappa shape index (κ1) is 14.5. The quantitative estimate of drug-likeness (QED) is 0.619. The van der Waals surface area contributed by atoms with Crippen LogP contribution in [0, 0.1) is 11.8 Å². The predicted octanol–water partition coefficient (Wildman–Crippen LogP) is 1.18. The smallest absolute Gasteiger partial charge is 0.312 e. The van der Waals surface area contributed by atoms with Crippen LogP contribution in [0.15, 0.2) is 42.5 Å². The Bertz CT molecular complexity index is 671. The van der Waals surface area contributed by atoms with Gasteiger partial charge in [-0.1, -0.05) is 42.5 Å². The van der Waals surface area contributed by atoms with Gasteiger partial charge in [-0.3, -0.25) is 9.59 Å². The first-order valence-electron chi connectivity index (χ1n) is 7.92.